The molecule has 0 aliphatic heterocycles. The second kappa shape index (κ2) is 6.04. The van der Waals surface area contributed by atoms with Crippen molar-refractivity contribution in [3.05, 3.63) is 70.3 Å². The van der Waals surface area contributed by atoms with Gasteiger partial charge < -0.3 is 5.32 Å². The minimum absolute atomic E-state index is 0.232. The van der Waals surface area contributed by atoms with E-state index < -0.39 is 17.7 Å². The molecule has 0 saturated carbocycles. The van der Waals surface area contributed by atoms with Crippen molar-refractivity contribution in [2.75, 3.05) is 0 Å². The van der Waals surface area contributed by atoms with Crippen LogP contribution in [0.3, 0.4) is 0 Å². The summed E-state index contributed by atoms with van der Waals surface area (Å²) in [5.41, 5.74) is 3.06. The molecule has 1 N–H and O–H groups in total. The molecule has 2 nitrogen and oxygen atoms in total. The van der Waals surface area contributed by atoms with Crippen molar-refractivity contribution in [1.29, 1.82) is 0 Å². The third kappa shape index (κ3) is 3.45. The molecule has 2 rings (SSSR count). The molecule has 0 saturated heterocycles. The normalized spacial score (nSPS) is 12.0. The van der Waals surface area contributed by atoms with Crippen molar-refractivity contribution in [3.8, 4) is 0 Å². The van der Waals surface area contributed by atoms with Crippen LogP contribution in [0, 0.1) is 25.5 Å². The van der Waals surface area contributed by atoms with Gasteiger partial charge in [0, 0.05) is 5.56 Å². The minimum Gasteiger partial charge on any atom is -0.346 e. The summed E-state index contributed by atoms with van der Waals surface area (Å²) < 4.78 is 26.1. The van der Waals surface area contributed by atoms with Crippen LogP contribution >= 0.6 is 0 Å². The molecular formula is C17H17F2NO. The third-order valence-corrected chi connectivity index (χ3v) is 3.42. The number of halogens is 2. The van der Waals surface area contributed by atoms with Gasteiger partial charge >= 0.3 is 0 Å². The zero-order valence-corrected chi connectivity index (χ0v) is 12.2. The van der Waals surface area contributed by atoms with Gasteiger partial charge in [-0.05, 0) is 50.1 Å². The molecule has 0 aromatic heterocycles. The Morgan fingerprint density at radius 2 is 1.76 bits per heavy atom. The number of hydrogen-bond donors (Lipinski definition) is 1. The molecular weight excluding hydrogens is 272 g/mol. The zero-order chi connectivity index (χ0) is 15.6. The van der Waals surface area contributed by atoms with Gasteiger partial charge in [0.1, 0.15) is 0 Å². The van der Waals surface area contributed by atoms with E-state index in [0.29, 0.717) is 11.1 Å². The maximum absolute atomic E-state index is 13.2. The molecule has 2 aromatic rings. The largest absolute Gasteiger partial charge is 0.346 e. The Balaban J connectivity index is 2.16. The smallest absolute Gasteiger partial charge is 0.252 e. The highest BCUT2D eigenvalue weighted by Crippen LogP contribution is 2.17. The fraction of sp³-hybridized carbons (Fsp3) is 0.235. The lowest BCUT2D eigenvalue weighted by molar-refractivity contribution is 0.0939. The summed E-state index contributed by atoms with van der Waals surface area (Å²) in [5.74, 6) is -2.04. The fourth-order valence-electron chi connectivity index (χ4n) is 2.21. The first-order valence-corrected chi connectivity index (χ1v) is 6.71. The van der Waals surface area contributed by atoms with Gasteiger partial charge in [-0.1, -0.05) is 23.8 Å². The van der Waals surface area contributed by atoms with Crippen LogP contribution in [0.25, 0.3) is 0 Å². The minimum atomic E-state index is -0.917. The molecule has 1 amide bonds. The van der Waals surface area contributed by atoms with E-state index in [0.717, 1.165) is 23.3 Å². The van der Waals surface area contributed by atoms with E-state index in [1.54, 1.807) is 13.0 Å². The highest BCUT2D eigenvalue weighted by atomic mass is 19.2. The molecule has 2 aromatic carbocycles. The van der Waals surface area contributed by atoms with E-state index in [9.17, 15) is 13.6 Å². The molecule has 0 aliphatic rings. The van der Waals surface area contributed by atoms with Crippen molar-refractivity contribution < 1.29 is 13.6 Å². The predicted molar refractivity (Wildman–Crippen MR) is 78.2 cm³/mol. The van der Waals surface area contributed by atoms with Crippen LogP contribution in [0.4, 0.5) is 8.78 Å². The Kier molecular flexibility index (Phi) is 4.36. The van der Waals surface area contributed by atoms with Gasteiger partial charge in [0.05, 0.1) is 6.04 Å². The zero-order valence-electron chi connectivity index (χ0n) is 12.2. The molecule has 0 heterocycles. The Labute approximate surface area is 122 Å². The lowest BCUT2D eigenvalue weighted by atomic mass is 10.0. The van der Waals surface area contributed by atoms with Crippen molar-refractivity contribution in [1.82, 2.24) is 5.32 Å². The molecule has 0 fully saturated rings. The summed E-state index contributed by atoms with van der Waals surface area (Å²) in [6.07, 6.45) is 0. The first-order valence-electron chi connectivity index (χ1n) is 6.71. The average molecular weight is 289 g/mol. The van der Waals surface area contributed by atoms with Crippen LogP contribution in [0.15, 0.2) is 36.4 Å². The van der Waals surface area contributed by atoms with Crippen molar-refractivity contribution >= 4 is 5.91 Å². The third-order valence-electron chi connectivity index (χ3n) is 3.42. The number of benzene rings is 2. The molecule has 0 bridgehead atoms. The highest BCUT2D eigenvalue weighted by molar-refractivity contribution is 5.95. The van der Waals surface area contributed by atoms with Crippen LogP contribution in [0.5, 0.6) is 0 Å². The monoisotopic (exact) mass is 289 g/mol. The van der Waals surface area contributed by atoms with Gasteiger partial charge in [-0.3, -0.25) is 4.79 Å². The number of carbonyl (C=O) groups is 1. The molecule has 1 atom stereocenters. The Morgan fingerprint density at radius 3 is 2.38 bits per heavy atom. The van der Waals surface area contributed by atoms with E-state index in [4.69, 9.17) is 0 Å². The topological polar surface area (TPSA) is 29.1 Å². The van der Waals surface area contributed by atoms with Gasteiger partial charge in [0.2, 0.25) is 0 Å². The molecule has 1 unspecified atom stereocenters. The highest BCUT2D eigenvalue weighted by Gasteiger charge is 2.14. The molecule has 21 heavy (non-hydrogen) atoms. The number of aryl methyl sites for hydroxylation is 2. The van der Waals surface area contributed by atoms with Gasteiger partial charge in [-0.15, -0.1) is 0 Å². The Morgan fingerprint density at radius 1 is 1.05 bits per heavy atom. The number of nitrogens with one attached hydrogen (secondary N) is 1. The van der Waals surface area contributed by atoms with E-state index in [1.807, 2.05) is 26.0 Å². The summed E-state index contributed by atoms with van der Waals surface area (Å²) >= 11 is 0. The van der Waals surface area contributed by atoms with E-state index in [-0.39, 0.29) is 5.91 Å². The van der Waals surface area contributed by atoms with Crippen molar-refractivity contribution in [3.63, 3.8) is 0 Å². The van der Waals surface area contributed by atoms with Crippen molar-refractivity contribution in [2.45, 2.75) is 26.8 Å². The summed E-state index contributed by atoms with van der Waals surface area (Å²) in [5, 5.41) is 2.79. The maximum atomic E-state index is 13.2. The van der Waals surface area contributed by atoms with E-state index in [1.165, 1.54) is 6.07 Å². The van der Waals surface area contributed by atoms with Gasteiger partial charge in [-0.2, -0.15) is 0 Å². The predicted octanol–water partition coefficient (Wildman–Crippen LogP) is 4.07. The number of rotatable bonds is 3. The molecule has 0 radical (unpaired) electrons. The van der Waals surface area contributed by atoms with Crippen molar-refractivity contribution in [2.24, 2.45) is 0 Å². The second-order valence-corrected chi connectivity index (χ2v) is 5.19. The fourth-order valence-corrected chi connectivity index (χ4v) is 2.21. The summed E-state index contributed by atoms with van der Waals surface area (Å²) in [7, 11) is 0. The molecule has 110 valence electrons. The number of carbonyl (C=O) groups excluding carboxylic acids is 1. The second-order valence-electron chi connectivity index (χ2n) is 5.19. The standard InChI is InChI=1S/C17H17F2NO/c1-10-4-6-14(11(2)8-10)17(21)20-12(3)13-5-7-15(18)16(19)9-13/h4-9,12H,1-3H3,(H,20,21). The first-order chi connectivity index (χ1) is 9.88. The van der Waals surface area contributed by atoms with Gasteiger partial charge in [-0.25, -0.2) is 8.78 Å². The van der Waals surface area contributed by atoms with Crippen LogP contribution in [-0.2, 0) is 0 Å². The van der Waals surface area contributed by atoms with Crippen LogP contribution in [0.2, 0.25) is 0 Å². The average Bonchev–Trinajstić information content (AvgIpc) is 2.41. The summed E-state index contributed by atoms with van der Waals surface area (Å²) in [6, 6.07) is 8.77. The Hall–Kier alpha value is -2.23. The Bertz CT molecular complexity index is 682. The summed E-state index contributed by atoms with van der Waals surface area (Å²) in [4.78, 5) is 12.2. The lowest BCUT2D eigenvalue weighted by Crippen LogP contribution is -2.27. The molecule has 0 aliphatic carbocycles. The molecule has 0 spiro atoms. The van der Waals surface area contributed by atoms with Gasteiger partial charge in [0.25, 0.3) is 5.91 Å². The quantitative estimate of drug-likeness (QED) is 0.906. The SMILES string of the molecule is Cc1ccc(C(=O)NC(C)c2ccc(F)c(F)c2)c(C)c1. The number of amides is 1. The van der Waals surface area contributed by atoms with E-state index in [2.05, 4.69) is 5.32 Å². The number of hydrogen-bond acceptors (Lipinski definition) is 1. The van der Waals surface area contributed by atoms with Gasteiger partial charge in [0.15, 0.2) is 11.6 Å². The van der Waals surface area contributed by atoms with Crippen LogP contribution in [0.1, 0.15) is 40.0 Å². The summed E-state index contributed by atoms with van der Waals surface area (Å²) in [6.45, 7) is 5.55. The van der Waals surface area contributed by atoms with E-state index >= 15 is 0 Å². The lowest BCUT2D eigenvalue weighted by Gasteiger charge is -2.16. The van der Waals surface area contributed by atoms with Crippen LogP contribution in [-0.4, -0.2) is 5.91 Å². The molecule has 4 heteroatoms. The first kappa shape index (κ1) is 15.2. The maximum Gasteiger partial charge on any atom is 0.252 e. The van der Waals surface area contributed by atoms with Crippen LogP contribution < -0.4 is 5.32 Å².